The first kappa shape index (κ1) is 35.4. The van der Waals surface area contributed by atoms with E-state index in [-0.39, 0.29) is 44.7 Å². The third kappa shape index (κ3) is 5.66. The maximum Gasteiger partial charge on any atom is 0.407 e. The average Bonchev–Trinajstić information content (AvgIpc) is 3.59. The number of aliphatic hydroxyl groups excluding tert-OH is 1. The topological polar surface area (TPSA) is 109 Å². The minimum absolute atomic E-state index is 0.0430. The molecule has 8 nitrogen and oxygen atoms in total. The highest BCUT2D eigenvalue weighted by molar-refractivity contribution is 5.83. The van der Waals surface area contributed by atoms with Crippen molar-refractivity contribution in [3.05, 3.63) is 0 Å². The Hall–Kier alpha value is -1.38. The Morgan fingerprint density at radius 3 is 2.13 bits per heavy atom. The van der Waals surface area contributed by atoms with Crippen LogP contribution in [0.4, 0.5) is 4.79 Å². The SMILES string of the molecule is CC(C)(C)OC(=O)NCCOCCNC(=O)[C@]12CC[C@@H]([C@@]3(C)CO3)[C@H]1C1CC[C@@H]3[C@@]4(C)CC[C@@H](O)C(C)(C)[C@@H]4CC[C@@]3(C)[C@]1(C)CC2. The first-order valence-electron chi connectivity index (χ1n) is 19.0. The molecule has 8 heteroatoms. The van der Waals surface area contributed by atoms with Gasteiger partial charge in [-0.2, -0.15) is 0 Å². The Labute approximate surface area is 284 Å². The van der Waals surface area contributed by atoms with Gasteiger partial charge >= 0.3 is 6.09 Å². The van der Waals surface area contributed by atoms with Crippen LogP contribution in [0.2, 0.25) is 0 Å². The van der Waals surface area contributed by atoms with Crippen LogP contribution in [0.5, 0.6) is 0 Å². The van der Waals surface area contributed by atoms with Gasteiger partial charge in [0.1, 0.15) is 5.60 Å². The van der Waals surface area contributed by atoms with E-state index in [1.54, 1.807) is 0 Å². The van der Waals surface area contributed by atoms with Gasteiger partial charge in [0.05, 0.1) is 36.9 Å². The maximum atomic E-state index is 14.4. The highest BCUT2D eigenvalue weighted by Gasteiger charge is 2.73. The number of hydrogen-bond donors (Lipinski definition) is 3. The van der Waals surface area contributed by atoms with Crippen LogP contribution in [0.15, 0.2) is 0 Å². The fourth-order valence-electron chi connectivity index (χ4n) is 13.0. The van der Waals surface area contributed by atoms with E-state index in [1.807, 2.05) is 20.8 Å². The molecule has 47 heavy (non-hydrogen) atoms. The fraction of sp³-hybridized carbons (Fsp3) is 0.949. The van der Waals surface area contributed by atoms with E-state index in [0.717, 1.165) is 45.1 Å². The maximum absolute atomic E-state index is 14.4. The summed E-state index contributed by atoms with van der Waals surface area (Å²) in [7, 11) is 0. The summed E-state index contributed by atoms with van der Waals surface area (Å²) in [5.74, 6) is 2.69. The van der Waals surface area contributed by atoms with Crippen LogP contribution in [-0.4, -0.2) is 67.3 Å². The van der Waals surface area contributed by atoms with Crippen LogP contribution in [0.25, 0.3) is 0 Å². The lowest BCUT2D eigenvalue weighted by Gasteiger charge is -2.72. The van der Waals surface area contributed by atoms with E-state index in [0.29, 0.717) is 55.9 Å². The average molecular weight is 659 g/mol. The molecule has 2 amide bonds. The summed E-state index contributed by atoms with van der Waals surface area (Å²) >= 11 is 0. The molecule has 3 N–H and O–H groups in total. The molecule has 0 aromatic rings. The molecular weight excluding hydrogens is 592 g/mol. The highest BCUT2D eigenvalue weighted by atomic mass is 16.6. The number of rotatable bonds is 8. The molecule has 0 aromatic heterocycles. The molecular formula is C39H66N2O6. The minimum atomic E-state index is -0.531. The number of carbonyl (C=O) groups is 2. The molecule has 0 spiro atoms. The Kier molecular flexibility index (Phi) is 8.94. The highest BCUT2D eigenvalue weighted by Crippen LogP contribution is 2.78. The van der Waals surface area contributed by atoms with E-state index in [2.05, 4.69) is 52.2 Å². The van der Waals surface area contributed by atoms with Crippen molar-refractivity contribution < 1.29 is 28.9 Å². The van der Waals surface area contributed by atoms with Crippen LogP contribution in [0.3, 0.4) is 0 Å². The number of alkyl carbamates (subject to hydrolysis) is 1. The number of amides is 2. The number of fused-ring (bicyclic) bond motifs is 7. The minimum Gasteiger partial charge on any atom is -0.444 e. The van der Waals surface area contributed by atoms with Crippen LogP contribution in [0, 0.1) is 56.7 Å². The number of carbonyl (C=O) groups excluding carboxylic acids is 2. The number of epoxide rings is 1. The monoisotopic (exact) mass is 658 g/mol. The van der Waals surface area contributed by atoms with Crippen molar-refractivity contribution in [1.29, 1.82) is 0 Å². The lowest BCUT2D eigenvalue weighted by atomic mass is 9.32. The molecule has 0 bridgehead atoms. The lowest BCUT2D eigenvalue weighted by Crippen LogP contribution is -2.67. The molecule has 1 heterocycles. The summed E-state index contributed by atoms with van der Waals surface area (Å²) in [4.78, 5) is 26.3. The predicted molar refractivity (Wildman–Crippen MR) is 183 cm³/mol. The molecule has 6 aliphatic rings. The summed E-state index contributed by atoms with van der Waals surface area (Å²) in [6, 6.07) is 0. The predicted octanol–water partition coefficient (Wildman–Crippen LogP) is 6.88. The Balaban J connectivity index is 1.15. The summed E-state index contributed by atoms with van der Waals surface area (Å²) in [5, 5.41) is 17.1. The molecule has 6 fully saturated rings. The van der Waals surface area contributed by atoms with Crippen molar-refractivity contribution in [2.45, 2.75) is 144 Å². The van der Waals surface area contributed by atoms with Gasteiger partial charge in [0.2, 0.25) is 5.91 Å². The van der Waals surface area contributed by atoms with Crippen LogP contribution in [0.1, 0.15) is 127 Å². The van der Waals surface area contributed by atoms with Gasteiger partial charge < -0.3 is 30.0 Å². The van der Waals surface area contributed by atoms with E-state index in [4.69, 9.17) is 14.2 Å². The first-order valence-corrected chi connectivity index (χ1v) is 19.0. The second kappa shape index (κ2) is 11.9. The zero-order valence-corrected chi connectivity index (χ0v) is 31.1. The first-order chi connectivity index (χ1) is 21.8. The van der Waals surface area contributed by atoms with Crippen molar-refractivity contribution in [3.63, 3.8) is 0 Å². The quantitative estimate of drug-likeness (QED) is 0.194. The van der Waals surface area contributed by atoms with Gasteiger partial charge in [0.15, 0.2) is 0 Å². The van der Waals surface area contributed by atoms with Gasteiger partial charge in [-0.25, -0.2) is 4.79 Å². The molecule has 1 unspecified atom stereocenters. The zero-order valence-electron chi connectivity index (χ0n) is 31.1. The summed E-state index contributed by atoms with van der Waals surface area (Å²) in [6.07, 6.45) is 10.3. The van der Waals surface area contributed by atoms with Crippen molar-refractivity contribution in [1.82, 2.24) is 10.6 Å². The molecule has 0 radical (unpaired) electrons. The van der Waals surface area contributed by atoms with Crippen LogP contribution in [-0.2, 0) is 19.0 Å². The molecule has 5 aliphatic carbocycles. The van der Waals surface area contributed by atoms with E-state index in [1.165, 1.54) is 25.7 Å². The van der Waals surface area contributed by atoms with Gasteiger partial charge in [0.25, 0.3) is 0 Å². The molecule has 6 rings (SSSR count). The molecule has 5 saturated carbocycles. The van der Waals surface area contributed by atoms with Crippen molar-refractivity contribution in [3.8, 4) is 0 Å². The summed E-state index contributed by atoms with van der Waals surface area (Å²) < 4.78 is 17.2. The van der Waals surface area contributed by atoms with E-state index >= 15 is 0 Å². The Bertz CT molecular complexity index is 1210. The number of ether oxygens (including phenoxy) is 3. The second-order valence-corrected chi connectivity index (χ2v) is 19.3. The Morgan fingerprint density at radius 1 is 0.787 bits per heavy atom. The van der Waals surface area contributed by atoms with Crippen LogP contribution < -0.4 is 10.6 Å². The molecule has 268 valence electrons. The fourth-order valence-corrected chi connectivity index (χ4v) is 13.0. The lowest BCUT2D eigenvalue weighted by molar-refractivity contribution is -0.248. The largest absolute Gasteiger partial charge is 0.444 e. The number of nitrogens with one attached hydrogen (secondary N) is 2. The molecule has 1 aliphatic heterocycles. The van der Waals surface area contributed by atoms with Gasteiger partial charge in [-0.1, -0.05) is 34.6 Å². The standard InChI is InChI=1S/C39H66N2O6/c1-33(2,3)47-32(44)41-21-23-45-22-20-40-31(43)39-17-12-26(38(9)24-46-38)30(39)25-10-11-28-35(6)15-14-29(42)34(4,5)27(35)13-16-37(28,8)36(25,7)18-19-39/h25-30,42H,10-24H2,1-9H3,(H,40,43)(H,41,44)/t25?,26-,27+,28-,29-,30-,35+,36-,37-,38-,39+/m1/s1. The van der Waals surface area contributed by atoms with Gasteiger partial charge in [-0.05, 0) is 143 Å². The zero-order chi connectivity index (χ0) is 34.3. The van der Waals surface area contributed by atoms with E-state index < -0.39 is 11.7 Å². The van der Waals surface area contributed by atoms with Crippen molar-refractivity contribution >= 4 is 12.0 Å². The van der Waals surface area contributed by atoms with Crippen LogP contribution >= 0.6 is 0 Å². The third-order valence-electron chi connectivity index (χ3n) is 15.7. The third-order valence-corrected chi connectivity index (χ3v) is 15.7. The Morgan fingerprint density at radius 2 is 1.47 bits per heavy atom. The van der Waals surface area contributed by atoms with Gasteiger partial charge in [0, 0.05) is 13.1 Å². The molecule has 0 aromatic carbocycles. The van der Waals surface area contributed by atoms with Crippen molar-refractivity contribution in [2.24, 2.45) is 56.7 Å². The number of aliphatic hydroxyl groups is 1. The number of hydrogen-bond acceptors (Lipinski definition) is 6. The van der Waals surface area contributed by atoms with E-state index in [9.17, 15) is 14.7 Å². The second-order valence-electron chi connectivity index (χ2n) is 19.3. The van der Waals surface area contributed by atoms with Gasteiger partial charge in [-0.3, -0.25) is 4.79 Å². The van der Waals surface area contributed by atoms with Crippen molar-refractivity contribution in [2.75, 3.05) is 32.9 Å². The summed E-state index contributed by atoms with van der Waals surface area (Å²) in [5.41, 5.74) is -0.365. The molecule has 11 atom stereocenters. The summed E-state index contributed by atoms with van der Waals surface area (Å²) in [6.45, 7) is 22.8. The smallest absolute Gasteiger partial charge is 0.407 e. The normalized spacial score (nSPS) is 46.7. The molecule has 1 saturated heterocycles. The van der Waals surface area contributed by atoms with Gasteiger partial charge in [-0.15, -0.1) is 0 Å².